The first-order chi connectivity index (χ1) is 8.70. The van der Waals surface area contributed by atoms with Crippen molar-refractivity contribution in [2.75, 3.05) is 20.1 Å². The van der Waals surface area contributed by atoms with Crippen LogP contribution in [0, 0.1) is 0 Å². The zero-order chi connectivity index (χ0) is 13.0. The van der Waals surface area contributed by atoms with Crippen molar-refractivity contribution in [1.29, 1.82) is 0 Å². The lowest BCUT2D eigenvalue weighted by Crippen LogP contribution is -2.30. The molecule has 0 aromatic carbocycles. The molecule has 0 radical (unpaired) electrons. The van der Waals surface area contributed by atoms with Crippen LogP contribution in [0.5, 0.6) is 0 Å². The fourth-order valence-electron chi connectivity index (χ4n) is 1.34. The second-order valence-electron chi connectivity index (χ2n) is 3.54. The van der Waals surface area contributed by atoms with E-state index in [4.69, 9.17) is 16.1 Å². The molecule has 8 heteroatoms. The Morgan fingerprint density at radius 2 is 2.26 bits per heavy atom. The van der Waals surface area contributed by atoms with Crippen molar-refractivity contribution in [1.82, 2.24) is 15.8 Å². The topological polar surface area (TPSA) is 67.2 Å². The number of nitrogens with one attached hydrogen (secondary N) is 2. The SMILES string of the molecule is CNCCNC(=O)c1cc(-c2ccc(Cl)s2)on1.Cl. The summed E-state index contributed by atoms with van der Waals surface area (Å²) in [6, 6.07) is 5.21. The summed E-state index contributed by atoms with van der Waals surface area (Å²) in [6.07, 6.45) is 0. The number of halogens is 2. The monoisotopic (exact) mass is 321 g/mol. The molecular formula is C11H13Cl2N3O2S. The van der Waals surface area contributed by atoms with E-state index in [1.165, 1.54) is 11.3 Å². The van der Waals surface area contributed by atoms with Crippen LogP contribution < -0.4 is 10.6 Å². The average Bonchev–Trinajstić information content (AvgIpc) is 2.97. The number of hydrogen-bond donors (Lipinski definition) is 2. The largest absolute Gasteiger partial charge is 0.355 e. The number of amides is 1. The van der Waals surface area contributed by atoms with Crippen molar-refractivity contribution in [3.8, 4) is 10.6 Å². The minimum atomic E-state index is -0.247. The van der Waals surface area contributed by atoms with Crippen molar-refractivity contribution in [3.63, 3.8) is 0 Å². The first-order valence-corrected chi connectivity index (χ1v) is 6.55. The third kappa shape index (κ3) is 4.21. The summed E-state index contributed by atoms with van der Waals surface area (Å²) in [5.41, 5.74) is 0.269. The lowest BCUT2D eigenvalue weighted by Gasteiger charge is -2.00. The standard InChI is InChI=1S/C11H12ClN3O2S.ClH/c1-13-4-5-14-11(16)7-6-8(17-15-7)9-2-3-10(12)18-9;/h2-3,6,13H,4-5H2,1H3,(H,14,16);1H. The van der Waals surface area contributed by atoms with Crippen LogP contribution >= 0.6 is 35.3 Å². The van der Waals surface area contributed by atoms with Crippen LogP contribution in [0.3, 0.4) is 0 Å². The molecule has 0 spiro atoms. The smallest absolute Gasteiger partial charge is 0.273 e. The Morgan fingerprint density at radius 3 is 2.89 bits per heavy atom. The lowest BCUT2D eigenvalue weighted by atomic mass is 10.3. The van der Waals surface area contributed by atoms with Crippen molar-refractivity contribution in [2.45, 2.75) is 0 Å². The van der Waals surface area contributed by atoms with Crippen molar-refractivity contribution >= 4 is 41.3 Å². The van der Waals surface area contributed by atoms with E-state index in [1.54, 1.807) is 12.1 Å². The molecule has 2 aromatic heterocycles. The van der Waals surface area contributed by atoms with Crippen LogP contribution in [0.1, 0.15) is 10.5 Å². The van der Waals surface area contributed by atoms with E-state index in [1.807, 2.05) is 13.1 Å². The van der Waals surface area contributed by atoms with Gasteiger partial charge in [-0.05, 0) is 19.2 Å². The van der Waals surface area contributed by atoms with E-state index in [2.05, 4.69) is 15.8 Å². The number of rotatable bonds is 5. The maximum Gasteiger partial charge on any atom is 0.273 e. The number of nitrogens with zero attached hydrogens (tertiary/aromatic N) is 1. The number of likely N-dealkylation sites (N-methyl/N-ethyl adjacent to an activating group) is 1. The van der Waals surface area contributed by atoms with E-state index in [0.29, 0.717) is 23.2 Å². The van der Waals surface area contributed by atoms with E-state index in [9.17, 15) is 4.79 Å². The highest BCUT2D eigenvalue weighted by atomic mass is 35.5. The molecule has 0 aliphatic carbocycles. The first kappa shape index (κ1) is 16.0. The van der Waals surface area contributed by atoms with Crippen LogP contribution in [0.25, 0.3) is 10.6 Å². The maximum absolute atomic E-state index is 11.7. The lowest BCUT2D eigenvalue weighted by molar-refractivity contribution is 0.0945. The summed E-state index contributed by atoms with van der Waals surface area (Å²) in [6.45, 7) is 1.25. The van der Waals surface area contributed by atoms with Gasteiger partial charge in [0, 0.05) is 19.2 Å². The molecule has 1 amide bonds. The van der Waals surface area contributed by atoms with Gasteiger partial charge in [0.05, 0.1) is 9.21 Å². The van der Waals surface area contributed by atoms with Gasteiger partial charge >= 0.3 is 0 Å². The van der Waals surface area contributed by atoms with Gasteiger partial charge in [0.2, 0.25) is 0 Å². The molecule has 19 heavy (non-hydrogen) atoms. The normalized spacial score (nSPS) is 10.0. The highest BCUT2D eigenvalue weighted by Gasteiger charge is 2.14. The van der Waals surface area contributed by atoms with Crippen molar-refractivity contribution in [3.05, 3.63) is 28.2 Å². The van der Waals surface area contributed by atoms with Crippen LogP contribution in [0.15, 0.2) is 22.7 Å². The van der Waals surface area contributed by atoms with E-state index >= 15 is 0 Å². The van der Waals surface area contributed by atoms with Crippen LogP contribution in [-0.2, 0) is 0 Å². The fraction of sp³-hybridized carbons (Fsp3) is 0.273. The zero-order valence-corrected chi connectivity index (χ0v) is 12.5. The van der Waals surface area contributed by atoms with Crippen LogP contribution in [-0.4, -0.2) is 31.2 Å². The molecule has 0 fully saturated rings. The third-order valence-corrected chi connectivity index (χ3v) is 3.47. The average molecular weight is 322 g/mol. The Labute approximate surface area is 125 Å². The molecule has 2 aromatic rings. The molecule has 0 bridgehead atoms. The molecular weight excluding hydrogens is 309 g/mol. The van der Waals surface area contributed by atoms with Crippen molar-refractivity contribution in [2.24, 2.45) is 0 Å². The van der Waals surface area contributed by atoms with Crippen molar-refractivity contribution < 1.29 is 9.32 Å². The Kier molecular flexibility index (Phi) is 6.30. The predicted octanol–water partition coefficient (Wildman–Crippen LogP) is 2.43. The summed E-state index contributed by atoms with van der Waals surface area (Å²) in [4.78, 5) is 12.5. The summed E-state index contributed by atoms with van der Waals surface area (Å²) in [5.74, 6) is 0.300. The number of hydrogen-bond acceptors (Lipinski definition) is 5. The van der Waals surface area contributed by atoms with Gasteiger partial charge in [0.1, 0.15) is 0 Å². The summed E-state index contributed by atoms with van der Waals surface area (Å²) in [7, 11) is 1.82. The molecule has 104 valence electrons. The predicted molar refractivity (Wildman–Crippen MR) is 78.3 cm³/mol. The highest BCUT2D eigenvalue weighted by molar-refractivity contribution is 7.19. The Morgan fingerprint density at radius 1 is 1.47 bits per heavy atom. The van der Waals surface area contributed by atoms with Gasteiger partial charge in [-0.15, -0.1) is 23.7 Å². The fourth-order valence-corrected chi connectivity index (χ4v) is 2.33. The molecule has 5 nitrogen and oxygen atoms in total. The number of thiophene rings is 1. The number of aromatic nitrogens is 1. The zero-order valence-electron chi connectivity index (χ0n) is 10.1. The maximum atomic E-state index is 11.7. The quantitative estimate of drug-likeness (QED) is 0.830. The third-order valence-electron chi connectivity index (χ3n) is 2.22. The molecule has 2 N–H and O–H groups in total. The number of carbonyl (C=O) groups excluding carboxylic acids is 1. The molecule has 0 saturated heterocycles. The van der Waals surface area contributed by atoms with Gasteiger partial charge in [-0.25, -0.2) is 0 Å². The Bertz CT molecular complexity index is 542. The Hall–Kier alpha value is -1.08. The second-order valence-corrected chi connectivity index (χ2v) is 5.25. The van der Waals surface area contributed by atoms with Gasteiger partial charge in [-0.2, -0.15) is 0 Å². The van der Waals surface area contributed by atoms with Gasteiger partial charge in [-0.1, -0.05) is 16.8 Å². The van der Waals surface area contributed by atoms with Crippen LogP contribution in [0.4, 0.5) is 0 Å². The molecule has 0 unspecified atom stereocenters. The second kappa shape index (κ2) is 7.49. The van der Waals surface area contributed by atoms with E-state index in [-0.39, 0.29) is 24.0 Å². The van der Waals surface area contributed by atoms with Gasteiger partial charge in [0.15, 0.2) is 11.5 Å². The summed E-state index contributed by atoms with van der Waals surface area (Å²) < 4.78 is 5.78. The number of carbonyl (C=O) groups is 1. The van der Waals surface area contributed by atoms with E-state index in [0.717, 1.165) is 4.88 Å². The van der Waals surface area contributed by atoms with Gasteiger partial charge < -0.3 is 15.2 Å². The molecule has 0 aliphatic heterocycles. The van der Waals surface area contributed by atoms with Crippen LogP contribution in [0.2, 0.25) is 4.34 Å². The molecule has 2 rings (SSSR count). The Balaban J connectivity index is 0.00000180. The highest BCUT2D eigenvalue weighted by Crippen LogP contribution is 2.31. The first-order valence-electron chi connectivity index (χ1n) is 5.36. The van der Waals surface area contributed by atoms with Gasteiger partial charge in [-0.3, -0.25) is 4.79 Å². The van der Waals surface area contributed by atoms with E-state index < -0.39 is 0 Å². The minimum Gasteiger partial charge on any atom is -0.355 e. The molecule has 2 heterocycles. The summed E-state index contributed by atoms with van der Waals surface area (Å²) in [5, 5.41) is 9.40. The summed E-state index contributed by atoms with van der Waals surface area (Å²) >= 11 is 7.21. The van der Waals surface area contributed by atoms with Gasteiger partial charge in [0.25, 0.3) is 5.91 Å². The molecule has 0 atom stereocenters. The molecule has 0 aliphatic rings. The molecule has 0 saturated carbocycles. The minimum absolute atomic E-state index is 0.